The molecule has 1 aliphatic heterocycles. The normalized spacial score (nSPS) is 19.8. The minimum atomic E-state index is 0.0147. The molecule has 1 aromatic heterocycles. The fourth-order valence-corrected chi connectivity index (χ4v) is 1.79. The molecule has 1 unspecified atom stereocenters. The van der Waals surface area contributed by atoms with Crippen molar-refractivity contribution in [1.82, 2.24) is 15.1 Å². The maximum Gasteiger partial charge on any atom is 0.246 e. The van der Waals surface area contributed by atoms with E-state index in [4.69, 9.17) is 4.74 Å². The quantitative estimate of drug-likeness (QED) is 0.732. The van der Waals surface area contributed by atoms with Crippen LogP contribution in [0, 0.1) is 0 Å². The first-order valence-electron chi connectivity index (χ1n) is 5.65. The average Bonchev–Trinajstić information content (AvgIpc) is 2.79. The first-order valence-corrected chi connectivity index (χ1v) is 5.65. The highest BCUT2D eigenvalue weighted by atomic mass is 16.5. The van der Waals surface area contributed by atoms with Crippen LogP contribution in [0.3, 0.4) is 0 Å². The molecule has 17 heavy (non-hydrogen) atoms. The molecule has 1 saturated heterocycles. The molecule has 0 radical (unpaired) electrons. The van der Waals surface area contributed by atoms with E-state index in [1.165, 1.54) is 0 Å². The molecule has 2 rings (SSSR count). The summed E-state index contributed by atoms with van der Waals surface area (Å²) in [4.78, 5) is 13.4. The van der Waals surface area contributed by atoms with E-state index in [0.29, 0.717) is 12.4 Å². The van der Waals surface area contributed by atoms with Gasteiger partial charge in [0.25, 0.3) is 0 Å². The number of carbonyl (C=O) groups excluding carboxylic acids is 1. The summed E-state index contributed by atoms with van der Waals surface area (Å²) >= 11 is 0. The lowest BCUT2D eigenvalue weighted by Crippen LogP contribution is -2.29. The molecule has 0 aromatic carbocycles. The van der Waals surface area contributed by atoms with Crippen LogP contribution in [-0.4, -0.2) is 40.2 Å². The topological polar surface area (TPSA) is 55.3 Å². The summed E-state index contributed by atoms with van der Waals surface area (Å²) in [6, 6.07) is 3.55. The molecule has 0 bridgehead atoms. The van der Waals surface area contributed by atoms with E-state index >= 15 is 0 Å². The number of rotatable bonds is 3. The fourth-order valence-electron chi connectivity index (χ4n) is 1.79. The number of nitrogens with zero attached hydrogens (tertiary/aromatic N) is 3. The first kappa shape index (κ1) is 11.6. The van der Waals surface area contributed by atoms with Gasteiger partial charge < -0.3 is 9.64 Å². The van der Waals surface area contributed by atoms with Crippen molar-refractivity contribution in [3.63, 3.8) is 0 Å². The van der Waals surface area contributed by atoms with Gasteiger partial charge in [0.15, 0.2) is 0 Å². The second kappa shape index (κ2) is 5.43. The predicted molar refractivity (Wildman–Crippen MR) is 62.5 cm³/mol. The lowest BCUT2D eigenvalue weighted by molar-refractivity contribution is -0.125. The molecule has 0 aliphatic carbocycles. The van der Waals surface area contributed by atoms with E-state index < -0.39 is 0 Å². The fraction of sp³-hybridized carbons (Fsp3) is 0.417. The Bertz CT molecular complexity index is 405. The van der Waals surface area contributed by atoms with E-state index in [0.717, 1.165) is 13.0 Å². The van der Waals surface area contributed by atoms with Gasteiger partial charge in [-0.1, -0.05) is 6.08 Å². The van der Waals surface area contributed by atoms with Crippen LogP contribution in [0.2, 0.25) is 0 Å². The number of likely N-dealkylation sites (tertiary alicyclic amines) is 1. The maximum absolute atomic E-state index is 11.6. The first-order chi connectivity index (χ1) is 8.29. The lowest BCUT2D eigenvalue weighted by atomic mass is 10.3. The third-order valence-electron chi connectivity index (χ3n) is 2.60. The standard InChI is InChI=1S/C12H15N3O2/c1-2-4-12(16)15-8-6-10(9-15)17-11-5-3-7-13-14-11/h2-5,7,10H,6,8-9H2,1H3/b4-2+. The van der Waals surface area contributed by atoms with Gasteiger partial charge in [-0.2, -0.15) is 5.10 Å². The van der Waals surface area contributed by atoms with Crippen molar-refractivity contribution in [3.05, 3.63) is 30.5 Å². The molecule has 2 heterocycles. The van der Waals surface area contributed by atoms with Crippen LogP contribution in [0.25, 0.3) is 0 Å². The van der Waals surface area contributed by atoms with Crippen LogP contribution in [0.4, 0.5) is 0 Å². The molecule has 0 N–H and O–H groups in total. The van der Waals surface area contributed by atoms with Gasteiger partial charge in [-0.05, 0) is 19.1 Å². The number of carbonyl (C=O) groups is 1. The summed E-state index contributed by atoms with van der Waals surface area (Å²) in [5.41, 5.74) is 0. The zero-order valence-electron chi connectivity index (χ0n) is 9.74. The van der Waals surface area contributed by atoms with Crippen molar-refractivity contribution < 1.29 is 9.53 Å². The summed E-state index contributed by atoms with van der Waals surface area (Å²) in [5, 5.41) is 7.60. The van der Waals surface area contributed by atoms with Crippen molar-refractivity contribution in [2.75, 3.05) is 13.1 Å². The van der Waals surface area contributed by atoms with Crippen LogP contribution >= 0.6 is 0 Å². The second-order valence-corrected chi connectivity index (χ2v) is 3.87. The molecule has 1 aromatic rings. The van der Waals surface area contributed by atoms with Gasteiger partial charge in [-0.3, -0.25) is 4.79 Å². The molecule has 0 saturated carbocycles. The van der Waals surface area contributed by atoms with E-state index in [1.807, 2.05) is 6.92 Å². The highest BCUT2D eigenvalue weighted by Gasteiger charge is 2.26. The van der Waals surface area contributed by atoms with Crippen LogP contribution in [0.15, 0.2) is 30.5 Å². The Morgan fingerprint density at radius 3 is 3.24 bits per heavy atom. The summed E-state index contributed by atoms with van der Waals surface area (Å²) < 4.78 is 5.64. The maximum atomic E-state index is 11.6. The van der Waals surface area contributed by atoms with E-state index in [-0.39, 0.29) is 12.0 Å². The number of ether oxygens (including phenoxy) is 1. The zero-order valence-corrected chi connectivity index (χ0v) is 9.74. The number of allylic oxidation sites excluding steroid dienone is 1. The third-order valence-corrected chi connectivity index (χ3v) is 2.60. The molecule has 1 fully saturated rings. The van der Waals surface area contributed by atoms with Crippen LogP contribution in [0.5, 0.6) is 5.88 Å². The third kappa shape index (κ3) is 3.03. The Kier molecular flexibility index (Phi) is 3.69. The molecule has 1 amide bonds. The molecular weight excluding hydrogens is 218 g/mol. The highest BCUT2D eigenvalue weighted by molar-refractivity contribution is 5.87. The van der Waals surface area contributed by atoms with Gasteiger partial charge in [-0.15, -0.1) is 5.10 Å². The van der Waals surface area contributed by atoms with E-state index in [2.05, 4.69) is 10.2 Å². The monoisotopic (exact) mass is 233 g/mol. The van der Waals surface area contributed by atoms with Crippen molar-refractivity contribution in [3.8, 4) is 5.88 Å². The molecular formula is C12H15N3O2. The summed E-state index contributed by atoms with van der Waals surface area (Å²) in [6.07, 6.45) is 5.77. The molecule has 0 spiro atoms. The zero-order chi connectivity index (χ0) is 12.1. The highest BCUT2D eigenvalue weighted by Crippen LogP contribution is 2.15. The van der Waals surface area contributed by atoms with Crippen LogP contribution < -0.4 is 4.74 Å². The van der Waals surface area contributed by atoms with Gasteiger partial charge in [0.2, 0.25) is 11.8 Å². The van der Waals surface area contributed by atoms with Gasteiger partial charge in [0, 0.05) is 25.2 Å². The second-order valence-electron chi connectivity index (χ2n) is 3.87. The molecule has 1 atom stereocenters. The van der Waals surface area contributed by atoms with Gasteiger partial charge >= 0.3 is 0 Å². The van der Waals surface area contributed by atoms with Crippen LogP contribution in [-0.2, 0) is 4.79 Å². The molecule has 5 nitrogen and oxygen atoms in total. The largest absolute Gasteiger partial charge is 0.471 e. The molecule has 90 valence electrons. The van der Waals surface area contributed by atoms with Gasteiger partial charge in [-0.25, -0.2) is 0 Å². The van der Waals surface area contributed by atoms with Crippen molar-refractivity contribution >= 4 is 5.91 Å². The summed E-state index contributed by atoms with van der Waals surface area (Å²) in [7, 11) is 0. The summed E-state index contributed by atoms with van der Waals surface area (Å²) in [5.74, 6) is 0.551. The Balaban J connectivity index is 1.88. The van der Waals surface area contributed by atoms with Crippen molar-refractivity contribution in [2.24, 2.45) is 0 Å². The van der Waals surface area contributed by atoms with E-state index in [1.54, 1.807) is 35.4 Å². The van der Waals surface area contributed by atoms with Gasteiger partial charge in [0.05, 0.1) is 6.54 Å². The SMILES string of the molecule is C/C=C/C(=O)N1CCC(Oc2cccnn2)C1. The van der Waals surface area contributed by atoms with Gasteiger partial charge in [0.1, 0.15) is 6.10 Å². The van der Waals surface area contributed by atoms with Crippen molar-refractivity contribution in [1.29, 1.82) is 0 Å². The minimum absolute atomic E-state index is 0.0147. The lowest BCUT2D eigenvalue weighted by Gasteiger charge is -2.14. The number of aromatic nitrogens is 2. The number of hydrogen-bond acceptors (Lipinski definition) is 4. The van der Waals surface area contributed by atoms with Crippen LogP contribution in [0.1, 0.15) is 13.3 Å². The average molecular weight is 233 g/mol. The Morgan fingerprint density at radius 1 is 1.65 bits per heavy atom. The molecule has 5 heteroatoms. The Hall–Kier alpha value is -1.91. The summed E-state index contributed by atoms with van der Waals surface area (Å²) in [6.45, 7) is 3.18. The Labute approximate surface area is 100 Å². The molecule has 1 aliphatic rings. The smallest absolute Gasteiger partial charge is 0.246 e. The Morgan fingerprint density at radius 2 is 2.53 bits per heavy atom. The predicted octanol–water partition coefficient (Wildman–Crippen LogP) is 1.03. The number of hydrogen-bond donors (Lipinski definition) is 0. The number of amides is 1. The van der Waals surface area contributed by atoms with E-state index in [9.17, 15) is 4.79 Å². The minimum Gasteiger partial charge on any atom is -0.471 e. The van der Waals surface area contributed by atoms with Crippen molar-refractivity contribution in [2.45, 2.75) is 19.4 Å².